The first-order valence-electron chi connectivity index (χ1n) is 9.71. The Morgan fingerprint density at radius 1 is 1.14 bits per heavy atom. The van der Waals surface area contributed by atoms with Crippen LogP contribution < -0.4 is 9.80 Å². The minimum absolute atomic E-state index is 0.139. The van der Waals surface area contributed by atoms with Crippen molar-refractivity contribution in [1.82, 2.24) is 4.98 Å². The van der Waals surface area contributed by atoms with E-state index in [4.69, 9.17) is 4.98 Å². The second-order valence-corrected chi connectivity index (χ2v) is 8.10. The summed E-state index contributed by atoms with van der Waals surface area (Å²) in [4.78, 5) is 21.2. The van der Waals surface area contributed by atoms with E-state index in [-0.39, 0.29) is 11.7 Å². The number of thiazole rings is 1. The number of aryl methyl sites for hydroxylation is 2. The first-order valence-corrected chi connectivity index (χ1v) is 10.5. The second kappa shape index (κ2) is 8.80. The van der Waals surface area contributed by atoms with E-state index in [1.807, 2.05) is 6.92 Å². The highest BCUT2D eigenvalue weighted by atomic mass is 32.1. The summed E-state index contributed by atoms with van der Waals surface area (Å²) < 4.78 is 14.4. The molecular formula is C22H27FN3OS+. The van der Waals surface area contributed by atoms with E-state index < -0.39 is 0 Å². The first-order chi connectivity index (χ1) is 13.4. The zero-order valence-corrected chi connectivity index (χ0v) is 17.7. The van der Waals surface area contributed by atoms with Gasteiger partial charge in [-0.1, -0.05) is 17.4 Å². The molecule has 1 aromatic heterocycles. The Hall–Kier alpha value is -2.31. The first kappa shape index (κ1) is 20.4. The SMILES string of the molecule is CC[NH+](CC)CCN(C(=O)c1ccc(F)cc1)c1nc2c(C)cc(C)cc2s1. The number of hydrogen-bond acceptors (Lipinski definition) is 3. The molecule has 0 bridgehead atoms. The van der Waals surface area contributed by atoms with Crippen LogP contribution in [0.15, 0.2) is 36.4 Å². The minimum Gasteiger partial charge on any atom is -0.334 e. The molecule has 2 aromatic carbocycles. The van der Waals surface area contributed by atoms with E-state index in [0.29, 0.717) is 17.2 Å². The van der Waals surface area contributed by atoms with Crippen molar-refractivity contribution in [2.24, 2.45) is 0 Å². The van der Waals surface area contributed by atoms with Crippen LogP contribution in [-0.4, -0.2) is 37.1 Å². The molecule has 4 nitrogen and oxygen atoms in total. The number of anilines is 1. The van der Waals surface area contributed by atoms with E-state index in [9.17, 15) is 9.18 Å². The van der Waals surface area contributed by atoms with Gasteiger partial charge in [-0.2, -0.15) is 0 Å². The predicted octanol–water partition coefficient (Wildman–Crippen LogP) is 3.62. The van der Waals surface area contributed by atoms with Crippen molar-refractivity contribution in [2.45, 2.75) is 27.7 Å². The van der Waals surface area contributed by atoms with Crippen LogP contribution in [0.4, 0.5) is 9.52 Å². The van der Waals surface area contributed by atoms with E-state index in [1.165, 1.54) is 46.1 Å². The van der Waals surface area contributed by atoms with Crippen molar-refractivity contribution < 1.29 is 14.1 Å². The molecule has 1 heterocycles. The molecule has 0 spiro atoms. The number of likely N-dealkylation sites (N-methyl/N-ethyl adjacent to an activating group) is 1. The molecule has 0 saturated carbocycles. The van der Waals surface area contributed by atoms with Crippen LogP contribution in [0.2, 0.25) is 0 Å². The molecule has 0 fully saturated rings. The highest BCUT2D eigenvalue weighted by Crippen LogP contribution is 2.32. The van der Waals surface area contributed by atoms with E-state index in [1.54, 1.807) is 4.90 Å². The fourth-order valence-corrected chi connectivity index (χ4v) is 4.55. The van der Waals surface area contributed by atoms with Crippen LogP contribution in [0.1, 0.15) is 35.3 Å². The van der Waals surface area contributed by atoms with Crippen LogP contribution in [0.3, 0.4) is 0 Å². The van der Waals surface area contributed by atoms with E-state index >= 15 is 0 Å². The molecular weight excluding hydrogens is 373 g/mol. The maximum atomic E-state index is 13.3. The van der Waals surface area contributed by atoms with Crippen molar-refractivity contribution >= 4 is 32.6 Å². The van der Waals surface area contributed by atoms with Gasteiger partial charge in [-0.3, -0.25) is 9.69 Å². The molecule has 6 heteroatoms. The average molecular weight is 401 g/mol. The molecule has 0 aliphatic heterocycles. The van der Waals surface area contributed by atoms with Gasteiger partial charge in [-0.15, -0.1) is 0 Å². The summed E-state index contributed by atoms with van der Waals surface area (Å²) in [5, 5.41) is 0.699. The lowest BCUT2D eigenvalue weighted by atomic mass is 10.1. The number of nitrogens with zero attached hydrogens (tertiary/aromatic N) is 2. The van der Waals surface area contributed by atoms with Crippen LogP contribution >= 0.6 is 11.3 Å². The maximum absolute atomic E-state index is 13.3. The summed E-state index contributed by atoms with van der Waals surface area (Å²) in [6.45, 7) is 11.8. The molecule has 1 N–H and O–H groups in total. The fraction of sp³-hybridized carbons (Fsp3) is 0.364. The molecule has 3 rings (SSSR count). The number of benzene rings is 2. The number of fused-ring (bicyclic) bond motifs is 1. The van der Waals surface area contributed by atoms with Gasteiger partial charge in [0.15, 0.2) is 5.13 Å². The zero-order valence-electron chi connectivity index (χ0n) is 16.9. The Labute approximate surface area is 169 Å². The Kier molecular flexibility index (Phi) is 6.42. The van der Waals surface area contributed by atoms with E-state index in [0.717, 1.165) is 35.4 Å². The van der Waals surface area contributed by atoms with Crippen molar-refractivity contribution in [3.63, 3.8) is 0 Å². The number of amides is 1. The summed E-state index contributed by atoms with van der Waals surface area (Å²) in [6.07, 6.45) is 0. The Bertz CT molecular complexity index is 964. The van der Waals surface area contributed by atoms with Gasteiger partial charge >= 0.3 is 0 Å². The van der Waals surface area contributed by atoms with Crippen LogP contribution in [0.5, 0.6) is 0 Å². The molecule has 148 valence electrons. The van der Waals surface area contributed by atoms with Gasteiger partial charge in [0.2, 0.25) is 0 Å². The maximum Gasteiger partial charge on any atom is 0.260 e. The summed E-state index contributed by atoms with van der Waals surface area (Å²) in [6, 6.07) is 9.95. The van der Waals surface area contributed by atoms with E-state index in [2.05, 4.69) is 32.9 Å². The lowest BCUT2D eigenvalue weighted by Gasteiger charge is -2.23. The Morgan fingerprint density at radius 3 is 2.46 bits per heavy atom. The normalized spacial score (nSPS) is 11.4. The Balaban J connectivity index is 1.98. The monoisotopic (exact) mass is 400 g/mol. The smallest absolute Gasteiger partial charge is 0.260 e. The lowest BCUT2D eigenvalue weighted by Crippen LogP contribution is -3.12. The molecule has 0 radical (unpaired) electrons. The number of rotatable bonds is 7. The summed E-state index contributed by atoms with van der Waals surface area (Å²) >= 11 is 1.54. The second-order valence-electron chi connectivity index (χ2n) is 7.10. The van der Waals surface area contributed by atoms with Gasteiger partial charge < -0.3 is 4.90 Å². The highest BCUT2D eigenvalue weighted by Gasteiger charge is 2.23. The van der Waals surface area contributed by atoms with Crippen molar-refractivity contribution in [2.75, 3.05) is 31.1 Å². The van der Waals surface area contributed by atoms with Gasteiger partial charge in [0.1, 0.15) is 5.82 Å². The number of carbonyl (C=O) groups excluding carboxylic acids is 1. The minimum atomic E-state index is -0.346. The largest absolute Gasteiger partial charge is 0.334 e. The number of carbonyl (C=O) groups is 1. The van der Waals surface area contributed by atoms with Gasteiger partial charge in [0, 0.05) is 5.56 Å². The number of nitrogens with one attached hydrogen (secondary N) is 1. The van der Waals surface area contributed by atoms with Crippen LogP contribution in [0, 0.1) is 19.7 Å². The molecule has 3 aromatic rings. The zero-order chi connectivity index (χ0) is 20.3. The number of hydrogen-bond donors (Lipinski definition) is 1. The fourth-order valence-electron chi connectivity index (χ4n) is 3.38. The van der Waals surface area contributed by atoms with Gasteiger partial charge in [-0.25, -0.2) is 9.37 Å². The third-order valence-electron chi connectivity index (χ3n) is 5.07. The topological polar surface area (TPSA) is 37.6 Å². The average Bonchev–Trinajstić information content (AvgIpc) is 3.09. The van der Waals surface area contributed by atoms with Crippen molar-refractivity contribution in [3.8, 4) is 0 Å². The molecule has 1 amide bonds. The molecule has 0 unspecified atom stereocenters. The predicted molar refractivity (Wildman–Crippen MR) is 114 cm³/mol. The number of quaternary nitrogens is 1. The van der Waals surface area contributed by atoms with Crippen molar-refractivity contribution in [1.29, 1.82) is 0 Å². The molecule has 28 heavy (non-hydrogen) atoms. The number of halogens is 1. The summed E-state index contributed by atoms with van der Waals surface area (Å²) in [7, 11) is 0. The molecule has 0 saturated heterocycles. The molecule has 0 atom stereocenters. The molecule has 0 aliphatic rings. The van der Waals surface area contributed by atoms with Gasteiger partial charge in [-0.05, 0) is 69.2 Å². The standard InChI is InChI=1S/C22H26FN3OS/c1-5-25(6-2)11-12-26(21(27)17-7-9-18(23)10-8-17)22-24-20-16(4)13-15(3)14-19(20)28-22/h7-10,13-14H,5-6,11-12H2,1-4H3/p+1. The van der Waals surface area contributed by atoms with Crippen molar-refractivity contribution in [3.05, 3.63) is 58.9 Å². The summed E-state index contributed by atoms with van der Waals surface area (Å²) in [5.41, 5.74) is 3.71. The highest BCUT2D eigenvalue weighted by molar-refractivity contribution is 7.22. The van der Waals surface area contributed by atoms with Crippen LogP contribution in [0.25, 0.3) is 10.2 Å². The van der Waals surface area contributed by atoms with Gasteiger partial charge in [0.25, 0.3) is 5.91 Å². The van der Waals surface area contributed by atoms with Crippen LogP contribution in [-0.2, 0) is 0 Å². The summed E-state index contributed by atoms with van der Waals surface area (Å²) in [5.74, 6) is -0.484. The number of aromatic nitrogens is 1. The van der Waals surface area contributed by atoms with Gasteiger partial charge in [0.05, 0.1) is 36.4 Å². The quantitative estimate of drug-likeness (QED) is 0.658. The third kappa shape index (κ3) is 4.39. The lowest BCUT2D eigenvalue weighted by molar-refractivity contribution is -0.894. The third-order valence-corrected chi connectivity index (χ3v) is 6.10. The molecule has 0 aliphatic carbocycles. The Morgan fingerprint density at radius 2 is 1.82 bits per heavy atom.